The van der Waals surface area contributed by atoms with Crippen LogP contribution in [0, 0.1) is 0 Å². The lowest BCUT2D eigenvalue weighted by Gasteiger charge is -2.32. The van der Waals surface area contributed by atoms with E-state index in [2.05, 4.69) is 4.98 Å². The number of methoxy groups -OCH3 is 1. The quantitative estimate of drug-likeness (QED) is 0.870. The number of amides is 1. The van der Waals surface area contributed by atoms with Gasteiger partial charge in [-0.3, -0.25) is 9.78 Å². The molecule has 23 heavy (non-hydrogen) atoms. The Hall–Kier alpha value is -2.40. The lowest BCUT2D eigenvalue weighted by Crippen LogP contribution is -2.43. The van der Waals surface area contributed by atoms with Crippen LogP contribution in [0.25, 0.3) is 0 Å². The molecule has 1 aromatic heterocycles. The number of carbonyl (C=O) groups is 1. The third kappa shape index (κ3) is 3.68. The predicted molar refractivity (Wildman–Crippen MR) is 86.7 cm³/mol. The molecule has 0 saturated carbocycles. The van der Waals surface area contributed by atoms with Crippen molar-refractivity contribution in [3.8, 4) is 11.5 Å². The molecule has 2 aromatic rings. The van der Waals surface area contributed by atoms with Gasteiger partial charge in [0.05, 0.1) is 6.10 Å². The molecule has 1 saturated heterocycles. The summed E-state index contributed by atoms with van der Waals surface area (Å²) in [6, 6.07) is 11.1. The van der Waals surface area contributed by atoms with Crippen LogP contribution in [0.15, 0.2) is 48.8 Å². The van der Waals surface area contributed by atoms with Crippen LogP contribution >= 0.6 is 0 Å². The fourth-order valence-corrected chi connectivity index (χ4v) is 2.73. The van der Waals surface area contributed by atoms with E-state index in [4.69, 9.17) is 9.47 Å². The summed E-state index contributed by atoms with van der Waals surface area (Å²) >= 11 is 0. The number of hydrogen-bond acceptors (Lipinski definition) is 4. The molecule has 1 fully saturated rings. The first-order chi connectivity index (χ1) is 11.3. The minimum atomic E-state index is -0.0641. The van der Waals surface area contributed by atoms with Crippen LogP contribution in [0.1, 0.15) is 23.2 Å². The number of benzene rings is 1. The highest BCUT2D eigenvalue weighted by Gasteiger charge is 2.26. The number of aromatic nitrogens is 1. The summed E-state index contributed by atoms with van der Waals surface area (Å²) in [4.78, 5) is 18.7. The van der Waals surface area contributed by atoms with Crippen LogP contribution in [0.2, 0.25) is 0 Å². The average molecular weight is 312 g/mol. The molecule has 0 bridgehead atoms. The summed E-state index contributed by atoms with van der Waals surface area (Å²) in [5.41, 5.74) is 0.480. The van der Waals surface area contributed by atoms with Gasteiger partial charge in [0, 0.05) is 32.6 Å². The Kier molecular flexibility index (Phi) is 4.88. The lowest BCUT2D eigenvalue weighted by atomic mass is 10.1. The number of pyridine rings is 1. The van der Waals surface area contributed by atoms with Crippen molar-refractivity contribution in [2.75, 3.05) is 20.2 Å². The smallest absolute Gasteiger partial charge is 0.259 e. The van der Waals surface area contributed by atoms with E-state index in [1.54, 1.807) is 25.6 Å². The van der Waals surface area contributed by atoms with Crippen LogP contribution in [0.5, 0.6) is 11.5 Å². The van der Waals surface area contributed by atoms with E-state index in [0.29, 0.717) is 23.6 Å². The number of likely N-dealkylation sites (tertiary alicyclic amines) is 1. The van der Waals surface area contributed by atoms with Crippen molar-refractivity contribution in [1.82, 2.24) is 9.88 Å². The number of ether oxygens (including phenoxy) is 2. The maximum atomic E-state index is 12.8. The molecule has 0 N–H and O–H groups in total. The minimum Gasteiger partial charge on any atom is -0.456 e. The van der Waals surface area contributed by atoms with E-state index in [1.807, 2.05) is 35.2 Å². The Morgan fingerprint density at radius 1 is 1.26 bits per heavy atom. The molecular formula is C18H20N2O3. The fraction of sp³-hybridized carbons (Fsp3) is 0.333. The van der Waals surface area contributed by atoms with Gasteiger partial charge in [0.2, 0.25) is 0 Å². The Bertz CT molecular complexity index is 660. The molecule has 120 valence electrons. The van der Waals surface area contributed by atoms with Gasteiger partial charge in [-0.25, -0.2) is 0 Å². The number of hydrogen-bond donors (Lipinski definition) is 0. The van der Waals surface area contributed by atoms with E-state index >= 15 is 0 Å². The zero-order valence-corrected chi connectivity index (χ0v) is 13.1. The fourth-order valence-electron chi connectivity index (χ4n) is 2.73. The standard InChI is InChI=1S/C18H20N2O3/c1-22-15-8-5-11-20(13-15)18(21)16-12-19-10-9-17(16)23-14-6-3-2-4-7-14/h2-4,6-7,9-10,12,15H,5,8,11,13H2,1H3. The second kappa shape index (κ2) is 7.24. The van der Waals surface area contributed by atoms with Crippen molar-refractivity contribution >= 4 is 5.91 Å². The average Bonchev–Trinajstić information content (AvgIpc) is 2.62. The van der Waals surface area contributed by atoms with E-state index in [0.717, 1.165) is 19.4 Å². The van der Waals surface area contributed by atoms with E-state index in [9.17, 15) is 4.79 Å². The normalized spacial score (nSPS) is 17.8. The maximum absolute atomic E-state index is 12.8. The molecule has 2 heterocycles. The second-order valence-electron chi connectivity index (χ2n) is 5.54. The number of carbonyl (C=O) groups excluding carboxylic acids is 1. The van der Waals surface area contributed by atoms with Crippen molar-refractivity contribution in [3.05, 3.63) is 54.4 Å². The largest absolute Gasteiger partial charge is 0.456 e. The second-order valence-corrected chi connectivity index (χ2v) is 5.54. The van der Waals surface area contributed by atoms with Crippen LogP contribution in [0.3, 0.4) is 0 Å². The predicted octanol–water partition coefficient (Wildman–Crippen LogP) is 3.12. The highest BCUT2D eigenvalue weighted by Crippen LogP contribution is 2.26. The Morgan fingerprint density at radius 2 is 2.09 bits per heavy atom. The van der Waals surface area contributed by atoms with Crippen molar-refractivity contribution in [1.29, 1.82) is 0 Å². The molecule has 1 amide bonds. The van der Waals surface area contributed by atoms with E-state index < -0.39 is 0 Å². The number of rotatable bonds is 4. The third-order valence-electron chi connectivity index (χ3n) is 3.98. The van der Waals surface area contributed by atoms with E-state index in [1.165, 1.54) is 0 Å². The summed E-state index contributed by atoms with van der Waals surface area (Å²) in [5.74, 6) is 1.16. The molecule has 1 atom stereocenters. The highest BCUT2D eigenvalue weighted by atomic mass is 16.5. The van der Waals surface area contributed by atoms with Crippen LogP contribution in [-0.2, 0) is 4.74 Å². The SMILES string of the molecule is COC1CCCN(C(=O)c2cnccc2Oc2ccccc2)C1. The zero-order chi connectivity index (χ0) is 16.1. The van der Waals surface area contributed by atoms with Gasteiger partial charge in [-0.15, -0.1) is 0 Å². The molecule has 1 aliphatic heterocycles. The first-order valence-corrected chi connectivity index (χ1v) is 7.77. The highest BCUT2D eigenvalue weighted by molar-refractivity contribution is 5.96. The molecule has 1 unspecified atom stereocenters. The van der Waals surface area contributed by atoms with Gasteiger partial charge >= 0.3 is 0 Å². The van der Waals surface area contributed by atoms with Gasteiger partial charge in [-0.2, -0.15) is 0 Å². The summed E-state index contributed by atoms with van der Waals surface area (Å²) in [5, 5.41) is 0. The molecule has 1 aliphatic rings. The van der Waals surface area contributed by atoms with Crippen molar-refractivity contribution in [3.63, 3.8) is 0 Å². The Morgan fingerprint density at radius 3 is 2.87 bits per heavy atom. The minimum absolute atomic E-state index is 0.0641. The molecule has 5 nitrogen and oxygen atoms in total. The van der Waals surface area contributed by atoms with Gasteiger partial charge in [0.1, 0.15) is 17.1 Å². The number of nitrogens with zero attached hydrogens (tertiary/aromatic N) is 2. The van der Waals surface area contributed by atoms with Gasteiger partial charge in [0.15, 0.2) is 0 Å². The van der Waals surface area contributed by atoms with Crippen LogP contribution < -0.4 is 4.74 Å². The maximum Gasteiger partial charge on any atom is 0.259 e. The van der Waals surface area contributed by atoms with Crippen molar-refractivity contribution < 1.29 is 14.3 Å². The summed E-state index contributed by atoms with van der Waals surface area (Å²) in [7, 11) is 1.69. The first kappa shape index (κ1) is 15.5. The lowest BCUT2D eigenvalue weighted by molar-refractivity contribution is 0.0267. The Balaban J connectivity index is 1.80. The topological polar surface area (TPSA) is 51.7 Å². The number of para-hydroxylation sites is 1. The van der Waals surface area contributed by atoms with E-state index in [-0.39, 0.29) is 12.0 Å². The first-order valence-electron chi connectivity index (χ1n) is 7.77. The van der Waals surface area contributed by atoms with Gasteiger partial charge in [0.25, 0.3) is 5.91 Å². The van der Waals surface area contributed by atoms with Gasteiger partial charge in [-0.1, -0.05) is 18.2 Å². The van der Waals surface area contributed by atoms with Gasteiger partial charge in [-0.05, 0) is 31.0 Å². The van der Waals surface area contributed by atoms with Crippen LogP contribution in [-0.4, -0.2) is 42.1 Å². The molecule has 3 rings (SSSR count). The monoisotopic (exact) mass is 312 g/mol. The van der Waals surface area contributed by atoms with Crippen molar-refractivity contribution in [2.24, 2.45) is 0 Å². The number of piperidine rings is 1. The van der Waals surface area contributed by atoms with Crippen molar-refractivity contribution in [2.45, 2.75) is 18.9 Å². The molecule has 0 spiro atoms. The van der Waals surface area contributed by atoms with Crippen LogP contribution in [0.4, 0.5) is 0 Å². The summed E-state index contributed by atoms with van der Waals surface area (Å²) < 4.78 is 11.2. The molecule has 0 aliphatic carbocycles. The van der Waals surface area contributed by atoms with Gasteiger partial charge < -0.3 is 14.4 Å². The molecule has 0 radical (unpaired) electrons. The molecular weight excluding hydrogens is 292 g/mol. The molecule has 1 aromatic carbocycles. The zero-order valence-electron chi connectivity index (χ0n) is 13.1. The Labute approximate surface area is 135 Å². The summed E-state index contributed by atoms with van der Waals surface area (Å²) in [6.07, 6.45) is 5.23. The summed E-state index contributed by atoms with van der Waals surface area (Å²) in [6.45, 7) is 1.34. The third-order valence-corrected chi connectivity index (χ3v) is 3.98. The molecule has 5 heteroatoms.